The fraction of sp³-hybridized carbons (Fsp3) is 0.800. The maximum absolute atomic E-state index is 5.64. The summed E-state index contributed by atoms with van der Waals surface area (Å²) in [5.74, 6) is 1.88. The average molecular weight is 243 g/mol. The minimum absolute atomic E-state index is 0.357. The first-order valence-corrected chi connectivity index (χ1v) is 6.46. The van der Waals surface area contributed by atoms with Crippen molar-refractivity contribution in [2.24, 2.45) is 5.73 Å². The molecule has 1 heterocycles. The van der Waals surface area contributed by atoms with E-state index in [9.17, 15) is 0 Å². The quantitative estimate of drug-likeness (QED) is 0.755. The van der Waals surface area contributed by atoms with Crippen LogP contribution < -0.4 is 5.73 Å². The third-order valence-corrected chi connectivity index (χ3v) is 3.13. The molecule has 1 rings (SSSR count). The van der Waals surface area contributed by atoms with Crippen LogP contribution in [0.3, 0.4) is 0 Å². The molecule has 92 valence electrons. The van der Waals surface area contributed by atoms with Gasteiger partial charge in [0.15, 0.2) is 5.16 Å². The highest BCUT2D eigenvalue weighted by molar-refractivity contribution is 7.99. The number of nitrogens with two attached hydrogens (primary N) is 1. The minimum Gasteiger partial charge on any atom is -0.324 e. The van der Waals surface area contributed by atoms with Gasteiger partial charge in [-0.05, 0) is 27.9 Å². The molecular weight excluding hydrogens is 222 g/mol. The number of rotatable bonds is 6. The van der Waals surface area contributed by atoms with Crippen LogP contribution in [0.25, 0.3) is 0 Å². The second-order valence-electron chi connectivity index (χ2n) is 4.22. The summed E-state index contributed by atoms with van der Waals surface area (Å²) in [5.41, 5.74) is 5.64. The monoisotopic (exact) mass is 243 g/mol. The van der Waals surface area contributed by atoms with Gasteiger partial charge in [0.2, 0.25) is 0 Å². The molecule has 2 N–H and O–H groups in total. The van der Waals surface area contributed by atoms with Crippen LogP contribution in [0.4, 0.5) is 0 Å². The van der Waals surface area contributed by atoms with E-state index in [-0.39, 0.29) is 0 Å². The summed E-state index contributed by atoms with van der Waals surface area (Å²) < 4.78 is 2.11. The van der Waals surface area contributed by atoms with E-state index in [1.165, 1.54) is 0 Å². The van der Waals surface area contributed by atoms with E-state index in [1.807, 2.05) is 0 Å². The Morgan fingerprint density at radius 2 is 2.06 bits per heavy atom. The predicted molar refractivity (Wildman–Crippen MR) is 67.6 cm³/mol. The zero-order chi connectivity index (χ0) is 12.1. The molecule has 1 aromatic rings. The Balaban J connectivity index is 2.68. The lowest BCUT2D eigenvalue weighted by Gasteiger charge is -2.13. The van der Waals surface area contributed by atoms with Gasteiger partial charge in [0.25, 0.3) is 0 Å². The maximum Gasteiger partial charge on any atom is 0.191 e. The van der Waals surface area contributed by atoms with Crippen LogP contribution in [0.15, 0.2) is 5.16 Å². The van der Waals surface area contributed by atoms with Gasteiger partial charge in [0.1, 0.15) is 5.82 Å². The summed E-state index contributed by atoms with van der Waals surface area (Å²) in [4.78, 5) is 2.16. The second kappa shape index (κ2) is 6.22. The molecule has 16 heavy (non-hydrogen) atoms. The van der Waals surface area contributed by atoms with Gasteiger partial charge in [0.05, 0.1) is 6.54 Å². The first-order chi connectivity index (χ1) is 7.56. The predicted octanol–water partition coefficient (Wildman–Crippen LogP) is 0.971. The van der Waals surface area contributed by atoms with E-state index >= 15 is 0 Å². The molecular formula is C10H21N5S. The fourth-order valence-corrected chi connectivity index (χ4v) is 2.58. The molecule has 5 nitrogen and oxygen atoms in total. The largest absolute Gasteiger partial charge is 0.324 e. The highest BCUT2D eigenvalue weighted by Gasteiger charge is 2.13. The first-order valence-electron chi connectivity index (χ1n) is 5.47. The molecule has 0 aliphatic rings. The molecule has 0 aromatic carbocycles. The van der Waals surface area contributed by atoms with Crippen LogP contribution in [0, 0.1) is 0 Å². The van der Waals surface area contributed by atoms with Crippen molar-refractivity contribution in [1.29, 1.82) is 0 Å². The lowest BCUT2D eigenvalue weighted by molar-refractivity contribution is 0.437. The summed E-state index contributed by atoms with van der Waals surface area (Å²) in [6.45, 7) is 5.73. The Hall–Kier alpha value is -0.590. The third-order valence-electron chi connectivity index (χ3n) is 2.20. The minimum atomic E-state index is 0.357. The number of hydrogen-bond acceptors (Lipinski definition) is 5. The smallest absolute Gasteiger partial charge is 0.191 e. The van der Waals surface area contributed by atoms with Crippen molar-refractivity contribution >= 4 is 11.8 Å². The van der Waals surface area contributed by atoms with Crippen LogP contribution >= 0.6 is 11.8 Å². The summed E-state index contributed by atoms with van der Waals surface area (Å²) in [7, 11) is 4.14. The SMILES string of the molecule is CC(C)n1c(CN)nnc1SCCN(C)C. The van der Waals surface area contributed by atoms with Crippen molar-refractivity contribution in [2.45, 2.75) is 31.6 Å². The molecule has 0 aliphatic carbocycles. The molecule has 0 saturated carbocycles. The molecule has 0 fully saturated rings. The highest BCUT2D eigenvalue weighted by atomic mass is 32.2. The molecule has 0 spiro atoms. The summed E-state index contributed by atoms with van der Waals surface area (Å²) in [6.07, 6.45) is 0. The Bertz CT molecular complexity index is 321. The summed E-state index contributed by atoms with van der Waals surface area (Å²) >= 11 is 1.73. The molecule has 0 bridgehead atoms. The molecule has 6 heteroatoms. The number of nitrogens with zero attached hydrogens (tertiary/aromatic N) is 4. The number of aromatic nitrogens is 3. The molecule has 0 aliphatic heterocycles. The van der Waals surface area contributed by atoms with Crippen LogP contribution in [-0.4, -0.2) is 46.1 Å². The standard InChI is InChI=1S/C10H21N5S/c1-8(2)15-9(7-11)12-13-10(15)16-6-5-14(3)4/h8H,5-7,11H2,1-4H3. The molecule has 0 atom stereocenters. The van der Waals surface area contributed by atoms with Gasteiger partial charge in [0, 0.05) is 18.3 Å². The van der Waals surface area contributed by atoms with Gasteiger partial charge in [-0.3, -0.25) is 0 Å². The topological polar surface area (TPSA) is 60.0 Å². The van der Waals surface area contributed by atoms with E-state index in [0.29, 0.717) is 12.6 Å². The fourth-order valence-electron chi connectivity index (χ4n) is 1.38. The van der Waals surface area contributed by atoms with Gasteiger partial charge in [-0.2, -0.15) is 0 Å². The van der Waals surface area contributed by atoms with E-state index in [0.717, 1.165) is 23.3 Å². The number of thioether (sulfide) groups is 1. The molecule has 0 radical (unpaired) electrons. The maximum atomic E-state index is 5.64. The lowest BCUT2D eigenvalue weighted by atomic mass is 10.4. The zero-order valence-corrected chi connectivity index (χ0v) is 11.3. The Morgan fingerprint density at radius 1 is 1.38 bits per heavy atom. The molecule has 0 unspecified atom stereocenters. The van der Waals surface area contributed by atoms with E-state index in [2.05, 4.69) is 47.6 Å². The average Bonchev–Trinajstić information content (AvgIpc) is 2.60. The lowest BCUT2D eigenvalue weighted by Crippen LogP contribution is -2.16. The molecule has 0 saturated heterocycles. The van der Waals surface area contributed by atoms with Crippen molar-refractivity contribution in [3.05, 3.63) is 5.82 Å². The Kier molecular flexibility index (Phi) is 5.24. The Morgan fingerprint density at radius 3 is 2.56 bits per heavy atom. The highest BCUT2D eigenvalue weighted by Crippen LogP contribution is 2.21. The second-order valence-corrected chi connectivity index (χ2v) is 5.28. The van der Waals surface area contributed by atoms with Crippen molar-refractivity contribution in [2.75, 3.05) is 26.4 Å². The van der Waals surface area contributed by atoms with Crippen LogP contribution in [-0.2, 0) is 6.54 Å². The van der Waals surface area contributed by atoms with Gasteiger partial charge in [-0.1, -0.05) is 11.8 Å². The van der Waals surface area contributed by atoms with Crippen molar-refractivity contribution in [1.82, 2.24) is 19.7 Å². The van der Waals surface area contributed by atoms with Crippen LogP contribution in [0.2, 0.25) is 0 Å². The van der Waals surface area contributed by atoms with Gasteiger partial charge >= 0.3 is 0 Å². The normalized spacial score (nSPS) is 11.7. The van der Waals surface area contributed by atoms with Crippen molar-refractivity contribution < 1.29 is 0 Å². The van der Waals surface area contributed by atoms with Crippen LogP contribution in [0.1, 0.15) is 25.7 Å². The van der Waals surface area contributed by atoms with E-state index in [1.54, 1.807) is 11.8 Å². The Labute approximate surface area is 101 Å². The first kappa shape index (κ1) is 13.5. The summed E-state index contributed by atoms with van der Waals surface area (Å²) in [5, 5.41) is 9.26. The zero-order valence-electron chi connectivity index (χ0n) is 10.5. The van der Waals surface area contributed by atoms with Gasteiger partial charge < -0.3 is 15.2 Å². The molecule has 0 amide bonds. The van der Waals surface area contributed by atoms with E-state index in [4.69, 9.17) is 5.73 Å². The van der Waals surface area contributed by atoms with Crippen LogP contribution in [0.5, 0.6) is 0 Å². The summed E-state index contributed by atoms with van der Waals surface area (Å²) in [6, 6.07) is 0.357. The molecule has 1 aromatic heterocycles. The number of hydrogen-bond donors (Lipinski definition) is 1. The third kappa shape index (κ3) is 3.47. The van der Waals surface area contributed by atoms with Crippen molar-refractivity contribution in [3.8, 4) is 0 Å². The van der Waals surface area contributed by atoms with Crippen molar-refractivity contribution in [3.63, 3.8) is 0 Å². The van der Waals surface area contributed by atoms with Gasteiger partial charge in [-0.15, -0.1) is 10.2 Å². The van der Waals surface area contributed by atoms with Gasteiger partial charge in [-0.25, -0.2) is 0 Å². The van der Waals surface area contributed by atoms with E-state index < -0.39 is 0 Å².